The van der Waals surface area contributed by atoms with Gasteiger partial charge in [-0.1, -0.05) is 31.5 Å². The Morgan fingerprint density at radius 1 is 1.18 bits per heavy atom. The van der Waals surface area contributed by atoms with Crippen molar-refractivity contribution in [3.8, 4) is 0 Å². The standard InChI is InChI=1S/C22H25ClFN3O/c1-4-10-26(22(28)16-7-6-15(3)18(24)12-16)14-21-25-19-9-8-17(23)13-20(19)27(21)11-5-2/h6-9,12-13H,4-5,10-11,14H2,1-3H3. The van der Waals surface area contributed by atoms with Crippen LogP contribution in [0.5, 0.6) is 0 Å². The number of carbonyl (C=O) groups is 1. The van der Waals surface area contributed by atoms with Gasteiger partial charge in [0.2, 0.25) is 0 Å². The smallest absolute Gasteiger partial charge is 0.254 e. The molecule has 0 saturated carbocycles. The van der Waals surface area contributed by atoms with Crippen LogP contribution in [0.15, 0.2) is 36.4 Å². The number of hydrogen-bond acceptors (Lipinski definition) is 2. The number of aromatic nitrogens is 2. The van der Waals surface area contributed by atoms with E-state index in [1.807, 2.05) is 25.1 Å². The summed E-state index contributed by atoms with van der Waals surface area (Å²) in [6, 6.07) is 10.3. The van der Waals surface area contributed by atoms with Gasteiger partial charge in [0.05, 0.1) is 17.6 Å². The van der Waals surface area contributed by atoms with Gasteiger partial charge in [0.25, 0.3) is 5.91 Å². The number of hydrogen-bond donors (Lipinski definition) is 0. The normalized spacial score (nSPS) is 11.2. The zero-order valence-corrected chi connectivity index (χ0v) is 17.3. The molecule has 0 unspecified atom stereocenters. The lowest BCUT2D eigenvalue weighted by Crippen LogP contribution is -2.32. The minimum absolute atomic E-state index is 0.186. The second-order valence-electron chi connectivity index (χ2n) is 7.00. The number of benzene rings is 2. The maximum Gasteiger partial charge on any atom is 0.254 e. The third-order valence-corrected chi connectivity index (χ3v) is 5.00. The molecule has 6 heteroatoms. The molecule has 0 radical (unpaired) electrons. The highest BCUT2D eigenvalue weighted by Gasteiger charge is 2.20. The number of imidazole rings is 1. The lowest BCUT2D eigenvalue weighted by atomic mass is 10.1. The second kappa shape index (κ2) is 8.74. The van der Waals surface area contributed by atoms with Gasteiger partial charge in [-0.25, -0.2) is 9.37 Å². The summed E-state index contributed by atoms with van der Waals surface area (Å²) in [7, 11) is 0. The number of carbonyl (C=O) groups excluding carboxylic acids is 1. The largest absolute Gasteiger partial charge is 0.331 e. The van der Waals surface area contributed by atoms with Gasteiger partial charge in [0, 0.05) is 23.7 Å². The van der Waals surface area contributed by atoms with Gasteiger partial charge < -0.3 is 9.47 Å². The van der Waals surface area contributed by atoms with E-state index in [-0.39, 0.29) is 11.7 Å². The van der Waals surface area contributed by atoms with Crippen molar-refractivity contribution in [2.24, 2.45) is 0 Å². The molecular weight excluding hydrogens is 377 g/mol. The average molecular weight is 402 g/mol. The highest BCUT2D eigenvalue weighted by Crippen LogP contribution is 2.23. The molecular formula is C22H25ClFN3O. The van der Waals surface area contributed by atoms with Gasteiger partial charge in [-0.2, -0.15) is 0 Å². The highest BCUT2D eigenvalue weighted by molar-refractivity contribution is 6.31. The van der Waals surface area contributed by atoms with Crippen molar-refractivity contribution >= 4 is 28.5 Å². The fourth-order valence-corrected chi connectivity index (χ4v) is 3.51. The molecule has 3 aromatic rings. The van der Waals surface area contributed by atoms with Gasteiger partial charge in [-0.05, 0) is 55.7 Å². The second-order valence-corrected chi connectivity index (χ2v) is 7.44. The van der Waals surface area contributed by atoms with E-state index in [2.05, 4.69) is 11.5 Å². The Morgan fingerprint density at radius 2 is 1.96 bits per heavy atom. The number of nitrogens with zero attached hydrogens (tertiary/aromatic N) is 3. The Balaban J connectivity index is 1.96. The van der Waals surface area contributed by atoms with E-state index in [0.717, 1.165) is 36.2 Å². The van der Waals surface area contributed by atoms with E-state index >= 15 is 0 Å². The Bertz CT molecular complexity index is 999. The van der Waals surface area contributed by atoms with Crippen molar-refractivity contribution < 1.29 is 9.18 Å². The van der Waals surface area contributed by atoms with E-state index in [9.17, 15) is 9.18 Å². The summed E-state index contributed by atoms with van der Waals surface area (Å²) in [5.41, 5.74) is 2.71. The Kier molecular flexibility index (Phi) is 6.35. The van der Waals surface area contributed by atoms with Crippen LogP contribution < -0.4 is 0 Å². The molecule has 2 aromatic carbocycles. The summed E-state index contributed by atoms with van der Waals surface area (Å²) in [5, 5.41) is 0.660. The lowest BCUT2D eigenvalue weighted by Gasteiger charge is -2.22. The van der Waals surface area contributed by atoms with Crippen molar-refractivity contribution in [1.29, 1.82) is 0 Å². The molecule has 0 spiro atoms. The van der Waals surface area contributed by atoms with Crippen LogP contribution in [-0.2, 0) is 13.1 Å². The van der Waals surface area contributed by atoms with E-state index in [1.54, 1.807) is 24.0 Å². The first-order valence-electron chi connectivity index (χ1n) is 9.64. The number of amides is 1. The van der Waals surface area contributed by atoms with Gasteiger partial charge in [0.15, 0.2) is 0 Å². The molecule has 0 bridgehead atoms. The quantitative estimate of drug-likeness (QED) is 0.516. The molecule has 4 nitrogen and oxygen atoms in total. The summed E-state index contributed by atoms with van der Waals surface area (Å²) in [4.78, 5) is 19.5. The monoisotopic (exact) mass is 401 g/mol. The molecule has 28 heavy (non-hydrogen) atoms. The lowest BCUT2D eigenvalue weighted by molar-refractivity contribution is 0.0736. The van der Waals surface area contributed by atoms with Crippen LogP contribution >= 0.6 is 11.6 Å². The number of halogens is 2. The third-order valence-electron chi connectivity index (χ3n) is 4.77. The predicted molar refractivity (Wildman–Crippen MR) is 111 cm³/mol. The number of aryl methyl sites for hydroxylation is 2. The van der Waals surface area contributed by atoms with Crippen LogP contribution in [0.25, 0.3) is 11.0 Å². The Morgan fingerprint density at radius 3 is 2.64 bits per heavy atom. The Labute approximate surface area is 169 Å². The number of rotatable bonds is 7. The first-order chi connectivity index (χ1) is 13.4. The number of fused-ring (bicyclic) bond motifs is 1. The molecule has 0 fully saturated rings. The molecule has 0 aliphatic carbocycles. The molecule has 1 aromatic heterocycles. The van der Waals surface area contributed by atoms with Crippen LogP contribution in [0.2, 0.25) is 5.02 Å². The van der Waals surface area contributed by atoms with Gasteiger partial charge >= 0.3 is 0 Å². The molecule has 0 atom stereocenters. The molecule has 1 amide bonds. The molecule has 3 rings (SSSR count). The zero-order valence-electron chi connectivity index (χ0n) is 16.5. The van der Waals surface area contributed by atoms with Crippen LogP contribution in [-0.4, -0.2) is 26.9 Å². The van der Waals surface area contributed by atoms with E-state index in [0.29, 0.717) is 29.2 Å². The summed E-state index contributed by atoms with van der Waals surface area (Å²) >= 11 is 6.17. The van der Waals surface area contributed by atoms with Crippen molar-refractivity contribution in [3.05, 3.63) is 64.2 Å². The van der Waals surface area contributed by atoms with Crippen molar-refractivity contribution in [3.63, 3.8) is 0 Å². The first-order valence-corrected chi connectivity index (χ1v) is 10.0. The zero-order chi connectivity index (χ0) is 20.3. The molecule has 0 aliphatic rings. The summed E-state index contributed by atoms with van der Waals surface area (Å²) < 4.78 is 16.1. The van der Waals surface area contributed by atoms with Gasteiger partial charge in [-0.3, -0.25) is 4.79 Å². The fraction of sp³-hybridized carbons (Fsp3) is 0.364. The Hall–Kier alpha value is -2.40. The highest BCUT2D eigenvalue weighted by atomic mass is 35.5. The van der Waals surface area contributed by atoms with E-state index in [1.165, 1.54) is 6.07 Å². The van der Waals surface area contributed by atoms with Crippen molar-refractivity contribution in [1.82, 2.24) is 14.5 Å². The minimum Gasteiger partial charge on any atom is -0.331 e. The fourth-order valence-electron chi connectivity index (χ4n) is 3.34. The van der Waals surface area contributed by atoms with Crippen molar-refractivity contribution in [2.45, 2.75) is 46.7 Å². The predicted octanol–water partition coefficient (Wildman–Crippen LogP) is 5.60. The van der Waals surface area contributed by atoms with Gasteiger partial charge in [-0.15, -0.1) is 0 Å². The van der Waals surface area contributed by atoms with Gasteiger partial charge in [0.1, 0.15) is 11.6 Å². The third kappa shape index (κ3) is 4.20. The van der Waals surface area contributed by atoms with Crippen molar-refractivity contribution in [2.75, 3.05) is 6.54 Å². The average Bonchev–Trinajstić information content (AvgIpc) is 3.00. The van der Waals surface area contributed by atoms with Crippen LogP contribution in [0.3, 0.4) is 0 Å². The molecule has 0 N–H and O–H groups in total. The van der Waals surface area contributed by atoms with E-state index in [4.69, 9.17) is 16.6 Å². The summed E-state index contributed by atoms with van der Waals surface area (Å²) in [6.07, 6.45) is 1.75. The van der Waals surface area contributed by atoms with E-state index < -0.39 is 0 Å². The minimum atomic E-state index is -0.366. The first kappa shape index (κ1) is 20.3. The topological polar surface area (TPSA) is 38.1 Å². The maximum atomic E-state index is 14.0. The summed E-state index contributed by atoms with van der Waals surface area (Å²) in [5.74, 6) is 0.262. The molecule has 1 heterocycles. The molecule has 148 valence electrons. The molecule has 0 saturated heterocycles. The van der Waals surface area contributed by atoms with Crippen LogP contribution in [0.1, 0.15) is 48.4 Å². The van der Waals surface area contributed by atoms with Crippen LogP contribution in [0, 0.1) is 12.7 Å². The summed E-state index contributed by atoms with van der Waals surface area (Å²) in [6.45, 7) is 7.54. The van der Waals surface area contributed by atoms with Crippen LogP contribution in [0.4, 0.5) is 4.39 Å². The maximum absolute atomic E-state index is 14.0. The SMILES string of the molecule is CCCN(Cc1nc2ccc(Cl)cc2n1CCC)C(=O)c1ccc(C)c(F)c1. The molecule has 0 aliphatic heterocycles.